The number of hydrogen-bond acceptors (Lipinski definition) is 6. The highest BCUT2D eigenvalue weighted by Crippen LogP contribution is 2.26. The third-order valence-corrected chi connectivity index (χ3v) is 5.64. The largest absolute Gasteiger partial charge is 0.497 e. The van der Waals surface area contributed by atoms with E-state index in [0.29, 0.717) is 17.5 Å². The van der Waals surface area contributed by atoms with Crippen molar-refractivity contribution in [1.29, 1.82) is 0 Å². The molecule has 0 saturated carbocycles. The van der Waals surface area contributed by atoms with Gasteiger partial charge in [-0.1, -0.05) is 23.9 Å². The molecule has 1 aliphatic heterocycles. The van der Waals surface area contributed by atoms with E-state index in [-0.39, 0.29) is 17.2 Å². The van der Waals surface area contributed by atoms with Gasteiger partial charge in [0.1, 0.15) is 5.75 Å². The zero-order valence-corrected chi connectivity index (χ0v) is 15.5. The van der Waals surface area contributed by atoms with Crippen molar-refractivity contribution >= 4 is 29.4 Å². The molecule has 2 heterocycles. The van der Waals surface area contributed by atoms with Crippen molar-refractivity contribution < 1.29 is 9.53 Å². The molecule has 0 fully saturated rings. The summed E-state index contributed by atoms with van der Waals surface area (Å²) in [5.74, 6) is 2.46. The summed E-state index contributed by atoms with van der Waals surface area (Å²) in [5.41, 5.74) is 2.66. The molecule has 2 aromatic rings. The van der Waals surface area contributed by atoms with Crippen LogP contribution < -0.4 is 15.6 Å². The van der Waals surface area contributed by atoms with E-state index in [0.717, 1.165) is 34.7 Å². The van der Waals surface area contributed by atoms with Crippen LogP contribution in [-0.2, 0) is 22.7 Å². The smallest absolute Gasteiger partial charge is 0.255 e. The molecule has 0 aliphatic carbocycles. The van der Waals surface area contributed by atoms with Crippen LogP contribution in [0.1, 0.15) is 16.8 Å². The Morgan fingerprint density at radius 1 is 1.36 bits per heavy atom. The number of thioether (sulfide) groups is 2. The highest BCUT2D eigenvalue weighted by atomic mass is 32.2. The maximum Gasteiger partial charge on any atom is 0.255 e. The fourth-order valence-electron chi connectivity index (χ4n) is 2.43. The molecule has 1 aliphatic rings. The molecule has 25 heavy (non-hydrogen) atoms. The fourth-order valence-corrected chi connectivity index (χ4v) is 4.18. The van der Waals surface area contributed by atoms with Crippen LogP contribution in [0.2, 0.25) is 0 Å². The van der Waals surface area contributed by atoms with E-state index in [1.165, 1.54) is 11.8 Å². The van der Waals surface area contributed by atoms with Crippen molar-refractivity contribution in [2.24, 2.45) is 0 Å². The normalized spacial score (nSPS) is 12.7. The van der Waals surface area contributed by atoms with Crippen LogP contribution in [0.25, 0.3) is 0 Å². The maximum atomic E-state index is 11.9. The van der Waals surface area contributed by atoms with Crippen molar-refractivity contribution in [2.75, 3.05) is 19.4 Å². The van der Waals surface area contributed by atoms with Crippen molar-refractivity contribution in [1.82, 2.24) is 15.3 Å². The molecule has 2 N–H and O–H groups in total. The van der Waals surface area contributed by atoms with E-state index >= 15 is 0 Å². The molecule has 0 unspecified atom stereocenters. The minimum absolute atomic E-state index is 0.0731. The fraction of sp³-hybridized carbons (Fsp3) is 0.353. The first-order valence-corrected chi connectivity index (χ1v) is 10.0. The molecule has 1 amide bonds. The number of amides is 1. The molecule has 0 bridgehead atoms. The molecule has 0 atom stereocenters. The number of fused-ring (bicyclic) bond motifs is 1. The molecule has 132 valence electrons. The standard InChI is InChI=1S/C17H19N3O3S2/c1-23-12-4-2-11(3-5-12)6-7-18-15(21)10-25-17-19-14-9-24-8-13(14)16(22)20-17/h2-5H,6-10H2,1H3,(H,18,21)(H,19,20,22). The molecule has 6 nitrogen and oxygen atoms in total. The Morgan fingerprint density at radius 3 is 2.92 bits per heavy atom. The SMILES string of the molecule is COc1ccc(CCNC(=O)CSc2nc3c(c(=O)[nH]2)CSC3)cc1. The summed E-state index contributed by atoms with van der Waals surface area (Å²) in [6, 6.07) is 7.77. The number of aromatic amines is 1. The van der Waals surface area contributed by atoms with E-state index in [1.807, 2.05) is 24.3 Å². The number of rotatable bonds is 7. The molecular weight excluding hydrogens is 358 g/mol. The summed E-state index contributed by atoms with van der Waals surface area (Å²) in [6.45, 7) is 0.566. The van der Waals surface area contributed by atoms with Gasteiger partial charge in [0.15, 0.2) is 5.16 Å². The van der Waals surface area contributed by atoms with Crippen molar-refractivity contribution in [3.05, 3.63) is 51.4 Å². The van der Waals surface area contributed by atoms with Crippen molar-refractivity contribution in [2.45, 2.75) is 23.1 Å². The van der Waals surface area contributed by atoms with Crippen LogP contribution in [0.15, 0.2) is 34.2 Å². The number of aromatic nitrogens is 2. The first kappa shape index (κ1) is 17.9. The lowest BCUT2D eigenvalue weighted by atomic mass is 10.1. The number of carbonyl (C=O) groups excluding carboxylic acids is 1. The van der Waals surface area contributed by atoms with Gasteiger partial charge in [0, 0.05) is 23.6 Å². The first-order chi connectivity index (χ1) is 12.2. The first-order valence-electron chi connectivity index (χ1n) is 7.88. The predicted molar refractivity (Wildman–Crippen MR) is 100 cm³/mol. The lowest BCUT2D eigenvalue weighted by Gasteiger charge is -2.06. The number of methoxy groups -OCH3 is 1. The van der Waals surface area contributed by atoms with Crippen LogP contribution in [0, 0.1) is 0 Å². The molecule has 0 radical (unpaired) electrons. The number of carbonyl (C=O) groups is 1. The molecule has 8 heteroatoms. The van der Waals surface area contributed by atoms with Crippen LogP contribution in [0.5, 0.6) is 5.75 Å². The number of H-pyrrole nitrogens is 1. The summed E-state index contributed by atoms with van der Waals surface area (Å²) >= 11 is 2.94. The van der Waals surface area contributed by atoms with Crippen molar-refractivity contribution in [3.63, 3.8) is 0 Å². The maximum absolute atomic E-state index is 11.9. The van der Waals surface area contributed by atoms with Gasteiger partial charge in [-0.2, -0.15) is 11.8 Å². The molecule has 3 rings (SSSR count). The summed E-state index contributed by atoms with van der Waals surface area (Å²) in [4.78, 5) is 31.0. The Bertz CT molecular complexity index is 806. The third-order valence-electron chi connectivity index (χ3n) is 3.80. The molecule has 1 aromatic heterocycles. The Kier molecular flexibility index (Phi) is 6.04. The quantitative estimate of drug-likeness (QED) is 0.567. The van der Waals surface area contributed by atoms with Gasteiger partial charge in [-0.3, -0.25) is 9.59 Å². The van der Waals surface area contributed by atoms with Gasteiger partial charge in [-0.25, -0.2) is 4.98 Å². The Hall–Kier alpha value is -1.93. The average molecular weight is 377 g/mol. The van der Waals surface area contributed by atoms with E-state index in [4.69, 9.17) is 4.74 Å². The molecule has 1 aromatic carbocycles. The van der Waals surface area contributed by atoms with Crippen LogP contribution in [0.4, 0.5) is 0 Å². The zero-order valence-electron chi connectivity index (χ0n) is 13.8. The monoisotopic (exact) mass is 377 g/mol. The van der Waals surface area contributed by atoms with Crippen molar-refractivity contribution in [3.8, 4) is 5.75 Å². The number of ether oxygens (including phenoxy) is 1. The number of benzene rings is 1. The summed E-state index contributed by atoms with van der Waals surface area (Å²) < 4.78 is 5.12. The van der Waals surface area contributed by atoms with E-state index in [9.17, 15) is 9.59 Å². The van der Waals surface area contributed by atoms with Gasteiger partial charge in [-0.15, -0.1) is 0 Å². The Morgan fingerprint density at radius 2 is 2.16 bits per heavy atom. The summed E-state index contributed by atoms with van der Waals surface area (Å²) in [5, 5.41) is 3.39. The van der Waals surface area contributed by atoms with Gasteiger partial charge >= 0.3 is 0 Å². The highest BCUT2D eigenvalue weighted by molar-refractivity contribution is 7.99. The minimum atomic E-state index is -0.0857. The van der Waals surface area contributed by atoms with Gasteiger partial charge in [-0.05, 0) is 24.1 Å². The Balaban J connectivity index is 1.43. The molecular formula is C17H19N3O3S2. The van der Waals surface area contributed by atoms with Crippen LogP contribution in [-0.4, -0.2) is 35.3 Å². The summed E-state index contributed by atoms with van der Waals surface area (Å²) in [6.07, 6.45) is 0.756. The highest BCUT2D eigenvalue weighted by Gasteiger charge is 2.18. The van der Waals surface area contributed by atoms with Gasteiger partial charge in [0.2, 0.25) is 5.91 Å². The third kappa shape index (κ3) is 4.79. The van der Waals surface area contributed by atoms with Gasteiger partial charge in [0.05, 0.1) is 18.6 Å². The van der Waals surface area contributed by atoms with Gasteiger partial charge < -0.3 is 15.0 Å². The number of hydrogen-bond donors (Lipinski definition) is 2. The lowest BCUT2D eigenvalue weighted by molar-refractivity contribution is -0.118. The van der Waals surface area contributed by atoms with Crippen LogP contribution >= 0.6 is 23.5 Å². The molecule has 0 saturated heterocycles. The van der Waals surface area contributed by atoms with E-state index in [2.05, 4.69) is 15.3 Å². The average Bonchev–Trinajstić information content (AvgIpc) is 3.10. The predicted octanol–water partition coefficient (Wildman–Crippen LogP) is 1.98. The minimum Gasteiger partial charge on any atom is -0.497 e. The topological polar surface area (TPSA) is 84.1 Å². The zero-order chi connectivity index (χ0) is 17.6. The second-order valence-electron chi connectivity index (χ2n) is 5.53. The Labute approximate surface area is 154 Å². The van der Waals surface area contributed by atoms with E-state index in [1.54, 1.807) is 18.9 Å². The number of nitrogens with zero attached hydrogens (tertiary/aromatic N) is 1. The second kappa shape index (κ2) is 8.44. The second-order valence-corrected chi connectivity index (χ2v) is 7.48. The van der Waals surface area contributed by atoms with Crippen LogP contribution in [0.3, 0.4) is 0 Å². The molecule has 0 spiro atoms. The lowest BCUT2D eigenvalue weighted by Crippen LogP contribution is -2.27. The van der Waals surface area contributed by atoms with Gasteiger partial charge in [0.25, 0.3) is 5.56 Å². The van der Waals surface area contributed by atoms with E-state index < -0.39 is 0 Å². The number of nitrogens with one attached hydrogen (secondary N) is 2. The summed E-state index contributed by atoms with van der Waals surface area (Å²) in [7, 11) is 1.63.